The van der Waals surface area contributed by atoms with Gasteiger partial charge in [-0.1, -0.05) is 0 Å². The van der Waals surface area contributed by atoms with Crippen molar-refractivity contribution in [1.29, 1.82) is 0 Å². The molecule has 0 bridgehead atoms. The fourth-order valence-electron chi connectivity index (χ4n) is 0. The standard InChI is InChI=1S/C3H9N.C3H6O2.C2H5NO.C2H4O2.C2H6O/c1-4(2)3;1-3(4)5-2;2*1-2(3)4;1-3-2/h1-3H3;1-2H3;1H3,(H2,3,4);1H3,(H,3,4);1-2H3. The Balaban J connectivity index is -0.0000000473. The quantitative estimate of drug-likeness (QED) is 0.613. The number of ether oxygens (including phenoxy) is 2. The van der Waals surface area contributed by atoms with Gasteiger partial charge in [0.25, 0.3) is 5.97 Å². The van der Waals surface area contributed by atoms with Crippen LogP contribution in [-0.4, -0.2) is 70.3 Å². The van der Waals surface area contributed by atoms with E-state index in [1.54, 1.807) is 14.2 Å². The number of hydrogen-bond donors (Lipinski definition) is 2. The van der Waals surface area contributed by atoms with E-state index in [0.717, 1.165) is 6.92 Å². The highest BCUT2D eigenvalue weighted by molar-refractivity contribution is 5.70. The Kier molecular flexibility index (Phi) is 47.1. The molecule has 0 atom stereocenters. The van der Waals surface area contributed by atoms with Gasteiger partial charge in [0.15, 0.2) is 0 Å². The van der Waals surface area contributed by atoms with Crippen LogP contribution in [0.1, 0.15) is 20.8 Å². The maximum atomic E-state index is 9.59. The Bertz CT molecular complexity index is 197. The van der Waals surface area contributed by atoms with Gasteiger partial charge >= 0.3 is 5.97 Å². The summed E-state index contributed by atoms with van der Waals surface area (Å²) in [5.74, 6) is -1.41. The van der Waals surface area contributed by atoms with Crippen molar-refractivity contribution in [2.75, 3.05) is 42.5 Å². The maximum absolute atomic E-state index is 9.59. The summed E-state index contributed by atoms with van der Waals surface area (Å²) in [6.07, 6.45) is 0. The number of aliphatic carboxylic acids is 1. The van der Waals surface area contributed by atoms with Gasteiger partial charge in [0.2, 0.25) is 5.91 Å². The van der Waals surface area contributed by atoms with Gasteiger partial charge in [-0.3, -0.25) is 14.4 Å². The molecule has 0 aromatic heterocycles. The molecular weight excluding hydrogens is 268 g/mol. The van der Waals surface area contributed by atoms with E-state index in [9.17, 15) is 9.59 Å². The second-order valence-corrected chi connectivity index (χ2v) is 3.58. The summed E-state index contributed by atoms with van der Waals surface area (Å²) < 4.78 is 8.36. The number of esters is 1. The number of methoxy groups -OCH3 is 2. The molecule has 0 fully saturated rings. The smallest absolute Gasteiger partial charge is 0.302 e. The Hall–Kier alpha value is -1.67. The van der Waals surface area contributed by atoms with Crippen LogP contribution in [0.2, 0.25) is 0 Å². The number of nitrogens with zero attached hydrogens (tertiary/aromatic N) is 1. The van der Waals surface area contributed by atoms with E-state index < -0.39 is 5.97 Å². The van der Waals surface area contributed by atoms with Crippen LogP contribution >= 0.6 is 0 Å². The van der Waals surface area contributed by atoms with Crippen LogP contribution in [-0.2, 0) is 23.9 Å². The minimum atomic E-state index is -0.833. The third kappa shape index (κ3) is 35200. The minimum absolute atomic E-state index is 0.245. The molecule has 0 aliphatic rings. The van der Waals surface area contributed by atoms with E-state index >= 15 is 0 Å². The predicted molar refractivity (Wildman–Crippen MR) is 78.4 cm³/mol. The molecule has 3 N–H and O–H groups in total. The number of nitrogens with two attached hydrogens (primary N) is 1. The Morgan fingerprint density at radius 1 is 0.950 bits per heavy atom. The molecule has 0 aliphatic carbocycles. The number of amides is 1. The Labute approximate surface area is 121 Å². The van der Waals surface area contributed by atoms with Gasteiger partial charge in [-0.25, -0.2) is 0 Å². The fourth-order valence-corrected chi connectivity index (χ4v) is 0. The molecule has 0 heterocycles. The molecular formula is C12H30N2O6. The van der Waals surface area contributed by atoms with Gasteiger partial charge in [-0.05, 0) is 21.1 Å². The zero-order chi connectivity index (χ0) is 17.7. The van der Waals surface area contributed by atoms with Gasteiger partial charge < -0.3 is 25.2 Å². The van der Waals surface area contributed by atoms with Crippen LogP contribution in [0.15, 0.2) is 0 Å². The number of hydrogen-bond acceptors (Lipinski definition) is 6. The van der Waals surface area contributed by atoms with E-state index in [2.05, 4.69) is 15.2 Å². The lowest BCUT2D eigenvalue weighted by Crippen LogP contribution is -2.01. The lowest BCUT2D eigenvalue weighted by molar-refractivity contribution is -0.138. The van der Waals surface area contributed by atoms with E-state index in [4.69, 9.17) is 9.90 Å². The lowest BCUT2D eigenvalue weighted by atomic mass is 10.8. The van der Waals surface area contributed by atoms with Crippen molar-refractivity contribution >= 4 is 17.8 Å². The molecule has 0 rings (SSSR count). The summed E-state index contributed by atoms with van der Waals surface area (Å²) in [5.41, 5.74) is 4.47. The van der Waals surface area contributed by atoms with Crippen LogP contribution in [0.5, 0.6) is 0 Å². The van der Waals surface area contributed by atoms with Crippen molar-refractivity contribution in [3.05, 3.63) is 0 Å². The molecule has 0 spiro atoms. The van der Waals surface area contributed by atoms with Gasteiger partial charge in [0.1, 0.15) is 0 Å². The molecule has 0 saturated heterocycles. The zero-order valence-electron chi connectivity index (χ0n) is 14.0. The zero-order valence-corrected chi connectivity index (χ0v) is 14.0. The Morgan fingerprint density at radius 2 is 1.00 bits per heavy atom. The summed E-state index contributed by atoms with van der Waals surface area (Å²) in [6, 6.07) is 0. The largest absolute Gasteiger partial charge is 0.481 e. The summed E-state index contributed by atoms with van der Waals surface area (Å²) in [4.78, 5) is 29.8. The predicted octanol–water partition coefficient (Wildman–Crippen LogP) is 0.202. The summed E-state index contributed by atoms with van der Waals surface area (Å²) in [6.45, 7) is 3.75. The third-order valence-electron chi connectivity index (χ3n) is 0.287. The van der Waals surface area contributed by atoms with Crippen molar-refractivity contribution in [1.82, 2.24) is 4.90 Å². The van der Waals surface area contributed by atoms with Gasteiger partial charge in [0.05, 0.1) is 7.11 Å². The van der Waals surface area contributed by atoms with E-state index in [0.29, 0.717) is 0 Å². The molecule has 0 saturated carbocycles. The molecule has 0 radical (unpaired) electrons. The van der Waals surface area contributed by atoms with Crippen LogP contribution in [0.25, 0.3) is 0 Å². The maximum Gasteiger partial charge on any atom is 0.302 e. The van der Waals surface area contributed by atoms with Crippen molar-refractivity contribution in [2.24, 2.45) is 5.73 Å². The topological polar surface area (TPSA) is 119 Å². The first-order chi connectivity index (χ1) is 8.88. The number of carboxylic acids is 1. The second-order valence-electron chi connectivity index (χ2n) is 3.58. The molecule has 0 aromatic carbocycles. The van der Waals surface area contributed by atoms with E-state index in [1.165, 1.54) is 21.0 Å². The molecule has 8 nitrogen and oxygen atoms in total. The fraction of sp³-hybridized carbons (Fsp3) is 0.750. The van der Waals surface area contributed by atoms with E-state index in [1.807, 2.05) is 26.0 Å². The molecule has 1 amide bonds. The summed E-state index contributed by atoms with van der Waals surface area (Å²) in [7, 11) is 10.6. The van der Waals surface area contributed by atoms with Gasteiger partial charge in [-0.15, -0.1) is 0 Å². The first-order valence-corrected chi connectivity index (χ1v) is 5.40. The highest BCUT2D eigenvalue weighted by Crippen LogP contribution is 1.60. The van der Waals surface area contributed by atoms with E-state index in [-0.39, 0.29) is 11.9 Å². The molecule has 0 aliphatic heterocycles. The first-order valence-electron chi connectivity index (χ1n) is 5.40. The monoisotopic (exact) mass is 298 g/mol. The molecule has 0 unspecified atom stereocenters. The Morgan fingerprint density at radius 3 is 1.00 bits per heavy atom. The van der Waals surface area contributed by atoms with Crippen LogP contribution in [0.4, 0.5) is 0 Å². The number of rotatable bonds is 0. The summed E-state index contributed by atoms with van der Waals surface area (Å²) >= 11 is 0. The number of carboxylic acid groups (broad SMARTS) is 1. The van der Waals surface area contributed by atoms with Crippen molar-refractivity contribution < 1.29 is 29.0 Å². The minimum Gasteiger partial charge on any atom is -0.481 e. The SMILES string of the molecule is CC(=O)O.CC(N)=O.CN(C)C.COC.COC(C)=O. The van der Waals surface area contributed by atoms with Gasteiger partial charge in [-0.2, -0.15) is 0 Å². The van der Waals surface area contributed by atoms with Crippen LogP contribution < -0.4 is 5.73 Å². The molecule has 0 aromatic rings. The molecule has 20 heavy (non-hydrogen) atoms. The van der Waals surface area contributed by atoms with Crippen molar-refractivity contribution in [2.45, 2.75) is 20.8 Å². The van der Waals surface area contributed by atoms with Crippen molar-refractivity contribution in [3.63, 3.8) is 0 Å². The number of carbonyl (C=O) groups is 3. The average Bonchev–Trinajstić information content (AvgIpc) is 2.15. The highest BCUT2D eigenvalue weighted by Gasteiger charge is 1.75. The number of primary amides is 1. The normalized spacial score (nSPS) is 6.90. The first kappa shape index (κ1) is 31.0. The molecule has 124 valence electrons. The average molecular weight is 298 g/mol. The highest BCUT2D eigenvalue weighted by atomic mass is 16.5. The lowest BCUT2D eigenvalue weighted by Gasteiger charge is -1.90. The summed E-state index contributed by atoms with van der Waals surface area (Å²) in [5, 5.41) is 7.42. The van der Waals surface area contributed by atoms with Crippen LogP contribution in [0, 0.1) is 0 Å². The van der Waals surface area contributed by atoms with Crippen LogP contribution in [0.3, 0.4) is 0 Å². The third-order valence-corrected chi connectivity index (χ3v) is 0.287. The van der Waals surface area contributed by atoms with Crippen molar-refractivity contribution in [3.8, 4) is 0 Å². The number of carbonyl (C=O) groups excluding carboxylic acids is 2. The second kappa shape index (κ2) is 30.4. The molecule has 8 heteroatoms. The van der Waals surface area contributed by atoms with Gasteiger partial charge in [0, 0.05) is 35.0 Å².